The van der Waals surface area contributed by atoms with Gasteiger partial charge in [-0.3, -0.25) is 4.79 Å². The lowest BCUT2D eigenvalue weighted by Gasteiger charge is -2.22. The molecular formula is C36H41N5O4. The number of nitrogens with two attached hydrogens (primary N) is 1. The van der Waals surface area contributed by atoms with Crippen molar-refractivity contribution in [3.8, 4) is 22.9 Å². The van der Waals surface area contributed by atoms with Crippen LogP contribution in [0.3, 0.4) is 0 Å². The summed E-state index contributed by atoms with van der Waals surface area (Å²) in [4.78, 5) is 18.2. The summed E-state index contributed by atoms with van der Waals surface area (Å²) >= 11 is 0. The second kappa shape index (κ2) is 14.2. The molecule has 0 saturated heterocycles. The molecule has 0 aliphatic rings. The minimum absolute atomic E-state index is 0.0404. The second-order valence-corrected chi connectivity index (χ2v) is 11.0. The number of aromatic nitrogens is 3. The Morgan fingerprint density at radius 1 is 0.933 bits per heavy atom. The maximum atomic E-state index is 14.0. The molecule has 45 heavy (non-hydrogen) atoms. The zero-order valence-electron chi connectivity index (χ0n) is 26.5. The van der Waals surface area contributed by atoms with Crippen molar-refractivity contribution in [1.82, 2.24) is 20.1 Å². The minimum Gasteiger partial charge on any atom is -0.490 e. The fraction of sp³-hybridized carbons (Fsp3) is 0.306. The van der Waals surface area contributed by atoms with Crippen LogP contribution in [0.15, 0.2) is 79.0 Å². The fourth-order valence-electron chi connectivity index (χ4n) is 5.22. The van der Waals surface area contributed by atoms with Gasteiger partial charge in [-0.1, -0.05) is 38.1 Å². The van der Waals surface area contributed by atoms with Crippen molar-refractivity contribution in [2.45, 2.75) is 66.2 Å². The molecule has 1 amide bonds. The highest BCUT2D eigenvalue weighted by Gasteiger charge is 2.25. The van der Waals surface area contributed by atoms with Crippen molar-refractivity contribution in [2.24, 2.45) is 0 Å². The first kappa shape index (κ1) is 31.4. The standard InChI is InChI=1S/C36H41N5O4/c1-6-27-21-28(7-2)41(40-27)31-12-10-9-11-26(31)22-39-36(42)34(25-13-16-32(44-23(4)5)33(20-25)43-8-3)45-29-14-15-30-24(19-29)17-18-38-35(30)37/h9-21,23,34H,6-8,22H2,1-5H3,(H2,37,38)(H,39,42). The van der Waals surface area contributed by atoms with Gasteiger partial charge < -0.3 is 25.3 Å². The molecule has 0 saturated carbocycles. The van der Waals surface area contributed by atoms with E-state index in [1.54, 1.807) is 12.3 Å². The first-order chi connectivity index (χ1) is 21.8. The number of fused-ring (bicyclic) bond motifs is 1. The van der Waals surface area contributed by atoms with E-state index in [-0.39, 0.29) is 18.6 Å². The predicted molar refractivity (Wildman–Crippen MR) is 177 cm³/mol. The van der Waals surface area contributed by atoms with Crippen molar-refractivity contribution in [3.05, 3.63) is 102 Å². The zero-order valence-corrected chi connectivity index (χ0v) is 26.5. The van der Waals surface area contributed by atoms with Gasteiger partial charge in [0, 0.05) is 29.4 Å². The molecule has 2 aromatic heterocycles. The van der Waals surface area contributed by atoms with Crippen molar-refractivity contribution in [1.29, 1.82) is 0 Å². The van der Waals surface area contributed by atoms with Crippen molar-refractivity contribution in [3.63, 3.8) is 0 Å². The van der Waals surface area contributed by atoms with E-state index in [0.29, 0.717) is 35.2 Å². The Kier molecular flexibility index (Phi) is 9.87. The van der Waals surface area contributed by atoms with Gasteiger partial charge in [-0.05, 0) is 93.1 Å². The Hall–Kier alpha value is -5.05. The molecule has 0 bridgehead atoms. The van der Waals surface area contributed by atoms with E-state index in [0.717, 1.165) is 46.3 Å². The summed E-state index contributed by atoms with van der Waals surface area (Å²) in [5.41, 5.74) is 10.7. The van der Waals surface area contributed by atoms with E-state index >= 15 is 0 Å². The summed E-state index contributed by atoms with van der Waals surface area (Å²) in [7, 11) is 0. The number of para-hydroxylation sites is 1. The normalized spacial score (nSPS) is 11.9. The lowest BCUT2D eigenvalue weighted by Crippen LogP contribution is -2.32. The van der Waals surface area contributed by atoms with Gasteiger partial charge in [0.15, 0.2) is 11.5 Å². The molecule has 5 aromatic rings. The summed E-state index contributed by atoms with van der Waals surface area (Å²) in [6.45, 7) is 10.8. The Labute approximate surface area is 264 Å². The quantitative estimate of drug-likeness (QED) is 0.152. The molecule has 0 aliphatic carbocycles. The van der Waals surface area contributed by atoms with Crippen LogP contribution in [-0.4, -0.2) is 33.4 Å². The van der Waals surface area contributed by atoms with Gasteiger partial charge in [0.25, 0.3) is 5.91 Å². The molecule has 1 atom stereocenters. The molecule has 2 heterocycles. The Bertz CT molecular complexity index is 1780. The number of ether oxygens (including phenoxy) is 3. The van der Waals surface area contributed by atoms with Crippen LogP contribution in [0.1, 0.15) is 63.2 Å². The highest BCUT2D eigenvalue weighted by atomic mass is 16.5. The summed E-state index contributed by atoms with van der Waals surface area (Å²) in [5, 5.41) is 9.62. The first-order valence-electron chi connectivity index (χ1n) is 15.5. The zero-order chi connectivity index (χ0) is 31.9. The summed E-state index contributed by atoms with van der Waals surface area (Å²) in [6.07, 6.45) is 2.32. The number of aryl methyl sites for hydroxylation is 2. The minimum atomic E-state index is -0.983. The van der Waals surface area contributed by atoms with Gasteiger partial charge in [-0.2, -0.15) is 5.10 Å². The van der Waals surface area contributed by atoms with E-state index in [9.17, 15) is 4.79 Å². The van der Waals surface area contributed by atoms with Gasteiger partial charge in [-0.15, -0.1) is 0 Å². The van der Waals surface area contributed by atoms with Crippen LogP contribution in [0.2, 0.25) is 0 Å². The number of hydrogen-bond acceptors (Lipinski definition) is 7. The van der Waals surface area contributed by atoms with Crippen molar-refractivity contribution in [2.75, 3.05) is 12.3 Å². The maximum Gasteiger partial charge on any atom is 0.266 e. The second-order valence-electron chi connectivity index (χ2n) is 11.0. The average Bonchev–Trinajstić information content (AvgIpc) is 3.47. The van der Waals surface area contributed by atoms with E-state index < -0.39 is 6.10 Å². The van der Waals surface area contributed by atoms with Crippen LogP contribution < -0.4 is 25.3 Å². The molecule has 3 aromatic carbocycles. The number of anilines is 1. The van der Waals surface area contributed by atoms with E-state index in [2.05, 4.69) is 30.2 Å². The molecule has 234 valence electrons. The molecule has 9 nitrogen and oxygen atoms in total. The van der Waals surface area contributed by atoms with E-state index in [4.69, 9.17) is 25.0 Å². The molecule has 0 radical (unpaired) electrons. The maximum absolute atomic E-state index is 14.0. The van der Waals surface area contributed by atoms with Gasteiger partial charge in [0.05, 0.1) is 24.1 Å². The topological polar surface area (TPSA) is 114 Å². The smallest absolute Gasteiger partial charge is 0.266 e. The van der Waals surface area contributed by atoms with Crippen LogP contribution in [0, 0.1) is 0 Å². The highest BCUT2D eigenvalue weighted by Crippen LogP contribution is 2.34. The number of hydrogen-bond donors (Lipinski definition) is 2. The molecule has 0 spiro atoms. The summed E-state index contributed by atoms with van der Waals surface area (Å²) in [5.74, 6) is 1.80. The highest BCUT2D eigenvalue weighted by molar-refractivity contribution is 5.91. The van der Waals surface area contributed by atoms with Crippen LogP contribution in [0.5, 0.6) is 17.2 Å². The number of pyridine rings is 1. The number of nitrogens with one attached hydrogen (secondary N) is 1. The predicted octanol–water partition coefficient (Wildman–Crippen LogP) is 6.75. The first-order valence-corrected chi connectivity index (χ1v) is 15.5. The van der Waals surface area contributed by atoms with Crippen LogP contribution in [0.4, 0.5) is 5.82 Å². The Balaban J connectivity index is 1.48. The van der Waals surface area contributed by atoms with E-state index in [1.165, 1.54) is 0 Å². The largest absolute Gasteiger partial charge is 0.490 e. The molecule has 0 aliphatic heterocycles. The molecule has 0 fully saturated rings. The number of rotatable bonds is 13. The lowest BCUT2D eigenvalue weighted by atomic mass is 10.1. The number of carbonyl (C=O) groups is 1. The fourth-order valence-corrected chi connectivity index (χ4v) is 5.22. The Morgan fingerprint density at radius 2 is 1.76 bits per heavy atom. The monoisotopic (exact) mass is 607 g/mol. The van der Waals surface area contributed by atoms with Gasteiger partial charge in [0.2, 0.25) is 6.10 Å². The van der Waals surface area contributed by atoms with E-state index in [1.807, 2.05) is 86.1 Å². The number of carbonyl (C=O) groups excluding carboxylic acids is 1. The van der Waals surface area contributed by atoms with Crippen LogP contribution in [-0.2, 0) is 24.2 Å². The molecular weight excluding hydrogens is 566 g/mol. The number of amides is 1. The van der Waals surface area contributed by atoms with Crippen LogP contribution in [0.25, 0.3) is 16.5 Å². The molecule has 3 N–H and O–H groups in total. The third kappa shape index (κ3) is 7.20. The third-order valence-electron chi connectivity index (χ3n) is 7.42. The lowest BCUT2D eigenvalue weighted by molar-refractivity contribution is -0.128. The Morgan fingerprint density at radius 3 is 2.51 bits per heavy atom. The van der Waals surface area contributed by atoms with Gasteiger partial charge >= 0.3 is 0 Å². The van der Waals surface area contributed by atoms with Crippen molar-refractivity contribution < 1.29 is 19.0 Å². The SMILES string of the molecule is CCOc1cc(C(Oc2ccc3c(N)nccc3c2)C(=O)NCc2ccccc2-n2nc(CC)cc2CC)ccc1OC(C)C. The molecule has 9 heteroatoms. The number of nitrogen functional groups attached to an aromatic ring is 1. The molecule has 1 unspecified atom stereocenters. The summed E-state index contributed by atoms with van der Waals surface area (Å²) < 4.78 is 20.3. The average molecular weight is 608 g/mol. The summed E-state index contributed by atoms with van der Waals surface area (Å²) in [6, 6.07) is 23.0. The van der Waals surface area contributed by atoms with Crippen molar-refractivity contribution >= 4 is 22.5 Å². The van der Waals surface area contributed by atoms with Crippen LogP contribution >= 0.6 is 0 Å². The van der Waals surface area contributed by atoms with Gasteiger partial charge in [-0.25, -0.2) is 9.67 Å². The third-order valence-corrected chi connectivity index (χ3v) is 7.42. The number of benzene rings is 3. The van der Waals surface area contributed by atoms with Gasteiger partial charge in [0.1, 0.15) is 11.6 Å². The molecule has 5 rings (SSSR count). The number of nitrogens with zero attached hydrogens (tertiary/aromatic N) is 3.